The number of hydrogen-bond donors (Lipinski definition) is 2. The van der Waals surface area contributed by atoms with E-state index in [1.54, 1.807) is 6.92 Å². The highest BCUT2D eigenvalue weighted by atomic mass is 16.3. The van der Waals surface area contributed by atoms with Crippen LogP contribution >= 0.6 is 0 Å². The maximum absolute atomic E-state index is 11.9. The molecule has 0 spiro atoms. The van der Waals surface area contributed by atoms with Crippen molar-refractivity contribution in [1.29, 1.82) is 0 Å². The normalized spacial score (nSPS) is 14.0. The van der Waals surface area contributed by atoms with Crippen molar-refractivity contribution in [2.75, 3.05) is 5.32 Å². The second kappa shape index (κ2) is 7.17. The van der Waals surface area contributed by atoms with Crippen LogP contribution in [0.4, 0.5) is 5.69 Å². The van der Waals surface area contributed by atoms with Gasteiger partial charge in [-0.3, -0.25) is 4.79 Å². The quantitative estimate of drug-likeness (QED) is 0.810. The number of aliphatic hydroxyl groups excluding tert-OH is 1. The van der Waals surface area contributed by atoms with Crippen molar-refractivity contribution < 1.29 is 9.90 Å². The maximum atomic E-state index is 11.9. The number of carbonyl (C=O) groups excluding carboxylic acids is 1. The predicted molar refractivity (Wildman–Crippen MR) is 74.4 cm³/mol. The largest absolute Gasteiger partial charge is 0.389 e. The van der Waals surface area contributed by atoms with Crippen LogP contribution in [0.15, 0.2) is 24.3 Å². The molecule has 0 aromatic heterocycles. The molecular formula is C15H23NO2. The summed E-state index contributed by atoms with van der Waals surface area (Å²) in [6, 6.07) is 7.35. The van der Waals surface area contributed by atoms with Gasteiger partial charge in [0.25, 0.3) is 0 Å². The van der Waals surface area contributed by atoms with Crippen LogP contribution in [0.2, 0.25) is 0 Å². The Labute approximate surface area is 109 Å². The van der Waals surface area contributed by atoms with E-state index in [1.807, 2.05) is 31.2 Å². The molecule has 0 bridgehead atoms. The third-order valence-electron chi connectivity index (χ3n) is 3.07. The molecule has 0 aliphatic rings. The molecule has 3 nitrogen and oxygen atoms in total. The number of amides is 1. The van der Waals surface area contributed by atoms with Gasteiger partial charge in [-0.05, 0) is 31.0 Å². The zero-order chi connectivity index (χ0) is 13.5. The molecule has 18 heavy (non-hydrogen) atoms. The molecule has 0 radical (unpaired) electrons. The lowest BCUT2D eigenvalue weighted by Gasteiger charge is -2.13. The smallest absolute Gasteiger partial charge is 0.227 e. The first-order valence-corrected chi connectivity index (χ1v) is 6.63. The molecule has 100 valence electrons. The van der Waals surface area contributed by atoms with E-state index in [9.17, 15) is 9.90 Å². The van der Waals surface area contributed by atoms with E-state index in [0.717, 1.165) is 30.5 Å². The molecule has 1 amide bonds. The summed E-state index contributed by atoms with van der Waals surface area (Å²) in [5.74, 6) is 0.0753. The lowest BCUT2D eigenvalue weighted by atomic mass is 10.0. The lowest BCUT2D eigenvalue weighted by Crippen LogP contribution is -2.20. The number of hydrogen-bond acceptors (Lipinski definition) is 2. The predicted octanol–water partition coefficient (Wildman–Crippen LogP) is 3.50. The third-order valence-corrected chi connectivity index (χ3v) is 3.07. The monoisotopic (exact) mass is 249 g/mol. The van der Waals surface area contributed by atoms with E-state index >= 15 is 0 Å². The molecule has 2 unspecified atom stereocenters. The molecular weight excluding hydrogens is 226 g/mol. The summed E-state index contributed by atoms with van der Waals surface area (Å²) < 4.78 is 0. The first-order valence-electron chi connectivity index (χ1n) is 6.63. The summed E-state index contributed by atoms with van der Waals surface area (Å²) in [6.07, 6.45) is 2.58. The van der Waals surface area contributed by atoms with Crippen molar-refractivity contribution in [3.63, 3.8) is 0 Å². The minimum atomic E-state index is -0.514. The van der Waals surface area contributed by atoms with Crippen molar-refractivity contribution in [2.24, 2.45) is 5.92 Å². The summed E-state index contributed by atoms with van der Waals surface area (Å²) in [7, 11) is 0. The molecule has 2 N–H and O–H groups in total. The van der Waals surface area contributed by atoms with Gasteiger partial charge in [0.05, 0.1) is 6.10 Å². The number of carbonyl (C=O) groups is 1. The van der Waals surface area contributed by atoms with Crippen molar-refractivity contribution >= 4 is 11.6 Å². The summed E-state index contributed by atoms with van der Waals surface area (Å²) in [5.41, 5.74) is 1.57. The second-order valence-electron chi connectivity index (χ2n) is 4.83. The Kier molecular flexibility index (Phi) is 5.86. The molecule has 0 saturated heterocycles. The molecule has 3 heteroatoms. The van der Waals surface area contributed by atoms with Gasteiger partial charge in [0.15, 0.2) is 0 Å². The van der Waals surface area contributed by atoms with Crippen molar-refractivity contribution in [3.8, 4) is 0 Å². The topological polar surface area (TPSA) is 49.3 Å². The summed E-state index contributed by atoms with van der Waals surface area (Å²) in [4.78, 5) is 11.9. The van der Waals surface area contributed by atoms with Gasteiger partial charge in [-0.1, -0.05) is 38.8 Å². The third kappa shape index (κ3) is 4.49. The summed E-state index contributed by atoms with van der Waals surface area (Å²) in [5, 5.41) is 12.4. The van der Waals surface area contributed by atoms with Gasteiger partial charge in [0.1, 0.15) is 0 Å². The van der Waals surface area contributed by atoms with E-state index in [2.05, 4.69) is 12.2 Å². The van der Waals surface area contributed by atoms with E-state index in [0.29, 0.717) is 0 Å². The van der Waals surface area contributed by atoms with Crippen LogP contribution in [0, 0.1) is 5.92 Å². The molecule has 1 aromatic carbocycles. The number of aliphatic hydroxyl groups is 1. The lowest BCUT2D eigenvalue weighted by molar-refractivity contribution is -0.119. The highest BCUT2D eigenvalue weighted by molar-refractivity contribution is 5.92. The van der Waals surface area contributed by atoms with Gasteiger partial charge < -0.3 is 10.4 Å². The Bertz CT molecular complexity index is 388. The molecule has 0 aliphatic carbocycles. The van der Waals surface area contributed by atoms with Gasteiger partial charge in [0, 0.05) is 11.6 Å². The van der Waals surface area contributed by atoms with Crippen LogP contribution in [0.25, 0.3) is 0 Å². The van der Waals surface area contributed by atoms with Crippen LogP contribution in [0.5, 0.6) is 0 Å². The zero-order valence-electron chi connectivity index (χ0n) is 11.4. The molecule has 1 rings (SSSR count). The van der Waals surface area contributed by atoms with Crippen LogP contribution in [-0.2, 0) is 4.79 Å². The molecule has 2 atom stereocenters. The molecule has 0 aliphatic heterocycles. The standard InChI is InChI=1S/C15H23NO2/c1-4-5-7-11(2)15(18)16-14-9-6-8-13(10-14)12(3)17/h6,8-12,17H,4-5,7H2,1-3H3,(H,16,18). The van der Waals surface area contributed by atoms with Crippen LogP contribution in [0.1, 0.15) is 51.7 Å². The Morgan fingerprint density at radius 2 is 2.11 bits per heavy atom. The second-order valence-corrected chi connectivity index (χ2v) is 4.83. The Balaban J connectivity index is 2.61. The van der Waals surface area contributed by atoms with Crippen molar-refractivity contribution in [2.45, 2.75) is 46.1 Å². The number of nitrogens with one attached hydrogen (secondary N) is 1. The summed E-state index contributed by atoms with van der Waals surface area (Å²) in [6.45, 7) is 5.78. The fourth-order valence-corrected chi connectivity index (χ4v) is 1.78. The molecule has 0 saturated carbocycles. The Hall–Kier alpha value is -1.35. The number of unbranched alkanes of at least 4 members (excludes halogenated alkanes) is 1. The van der Waals surface area contributed by atoms with E-state index < -0.39 is 6.10 Å². The van der Waals surface area contributed by atoms with Gasteiger partial charge in [-0.25, -0.2) is 0 Å². The zero-order valence-corrected chi connectivity index (χ0v) is 11.4. The van der Waals surface area contributed by atoms with Crippen molar-refractivity contribution in [1.82, 2.24) is 0 Å². The minimum Gasteiger partial charge on any atom is -0.389 e. The average Bonchev–Trinajstić information content (AvgIpc) is 2.36. The maximum Gasteiger partial charge on any atom is 0.227 e. The highest BCUT2D eigenvalue weighted by Crippen LogP contribution is 2.18. The van der Waals surface area contributed by atoms with Crippen LogP contribution in [0.3, 0.4) is 0 Å². The molecule has 0 heterocycles. The highest BCUT2D eigenvalue weighted by Gasteiger charge is 2.12. The minimum absolute atomic E-state index is 0.0279. The molecule has 1 aromatic rings. The van der Waals surface area contributed by atoms with E-state index in [1.165, 1.54) is 0 Å². The number of anilines is 1. The van der Waals surface area contributed by atoms with Crippen molar-refractivity contribution in [3.05, 3.63) is 29.8 Å². The number of rotatable bonds is 6. The van der Waals surface area contributed by atoms with E-state index in [-0.39, 0.29) is 11.8 Å². The van der Waals surface area contributed by atoms with E-state index in [4.69, 9.17) is 0 Å². The number of benzene rings is 1. The molecule has 0 fully saturated rings. The summed E-state index contributed by atoms with van der Waals surface area (Å²) >= 11 is 0. The fraction of sp³-hybridized carbons (Fsp3) is 0.533. The first kappa shape index (κ1) is 14.7. The Morgan fingerprint density at radius 1 is 1.39 bits per heavy atom. The average molecular weight is 249 g/mol. The van der Waals surface area contributed by atoms with Crippen LogP contribution in [-0.4, -0.2) is 11.0 Å². The van der Waals surface area contributed by atoms with Gasteiger partial charge >= 0.3 is 0 Å². The fourth-order valence-electron chi connectivity index (χ4n) is 1.78. The van der Waals surface area contributed by atoms with Gasteiger partial charge in [-0.2, -0.15) is 0 Å². The van der Waals surface area contributed by atoms with Crippen LogP contribution < -0.4 is 5.32 Å². The van der Waals surface area contributed by atoms with Gasteiger partial charge in [0.2, 0.25) is 5.91 Å². The first-order chi connectivity index (χ1) is 8.54. The van der Waals surface area contributed by atoms with Gasteiger partial charge in [-0.15, -0.1) is 0 Å². The Morgan fingerprint density at radius 3 is 2.72 bits per heavy atom. The SMILES string of the molecule is CCCCC(C)C(=O)Nc1cccc(C(C)O)c1.